The van der Waals surface area contributed by atoms with Crippen LogP contribution in [0.15, 0.2) is 4.52 Å². The summed E-state index contributed by atoms with van der Waals surface area (Å²) in [7, 11) is 0. The lowest BCUT2D eigenvalue weighted by molar-refractivity contribution is -0.122. The highest BCUT2D eigenvalue weighted by Crippen LogP contribution is 2.22. The third-order valence-corrected chi connectivity index (χ3v) is 2.33. The molecule has 1 amide bonds. The van der Waals surface area contributed by atoms with Crippen LogP contribution in [-0.2, 0) is 4.79 Å². The highest BCUT2D eigenvalue weighted by Gasteiger charge is 2.22. The van der Waals surface area contributed by atoms with Crippen LogP contribution >= 0.6 is 0 Å². The van der Waals surface area contributed by atoms with Crippen molar-refractivity contribution in [3.63, 3.8) is 0 Å². The van der Waals surface area contributed by atoms with Crippen molar-refractivity contribution in [2.75, 3.05) is 13.2 Å². The Morgan fingerprint density at radius 1 is 1.60 bits per heavy atom. The molecule has 0 aliphatic rings. The summed E-state index contributed by atoms with van der Waals surface area (Å²) in [4.78, 5) is 11.6. The lowest BCUT2D eigenvalue weighted by Gasteiger charge is -2.10. The second kappa shape index (κ2) is 4.93. The van der Waals surface area contributed by atoms with Crippen molar-refractivity contribution in [1.82, 2.24) is 10.5 Å². The lowest BCUT2D eigenvalue weighted by Crippen LogP contribution is -2.30. The molecular formula is C10H16N2O3. The van der Waals surface area contributed by atoms with Crippen molar-refractivity contribution in [2.24, 2.45) is 0 Å². The largest absolute Gasteiger partial charge is 0.395 e. The zero-order valence-electron chi connectivity index (χ0n) is 9.20. The Morgan fingerprint density at radius 2 is 2.27 bits per heavy atom. The third kappa shape index (κ3) is 2.56. The van der Waals surface area contributed by atoms with E-state index in [-0.39, 0.29) is 25.0 Å². The molecule has 0 fully saturated rings. The first-order valence-electron chi connectivity index (χ1n) is 4.89. The van der Waals surface area contributed by atoms with Gasteiger partial charge in [0.1, 0.15) is 5.76 Å². The number of hydrogen-bond acceptors (Lipinski definition) is 4. The van der Waals surface area contributed by atoms with Gasteiger partial charge in [-0.05, 0) is 20.8 Å². The third-order valence-electron chi connectivity index (χ3n) is 2.33. The average molecular weight is 212 g/mol. The summed E-state index contributed by atoms with van der Waals surface area (Å²) in [5.41, 5.74) is 1.56. The Balaban J connectivity index is 2.75. The minimum absolute atomic E-state index is 0.0555. The van der Waals surface area contributed by atoms with E-state index in [1.807, 2.05) is 6.92 Å². The molecule has 0 saturated heterocycles. The van der Waals surface area contributed by atoms with Gasteiger partial charge in [-0.2, -0.15) is 0 Å². The van der Waals surface area contributed by atoms with E-state index in [1.165, 1.54) is 0 Å². The fourth-order valence-electron chi connectivity index (χ4n) is 1.57. The molecule has 0 radical (unpaired) electrons. The number of aryl methyl sites for hydroxylation is 2. The van der Waals surface area contributed by atoms with Crippen LogP contribution in [0.5, 0.6) is 0 Å². The summed E-state index contributed by atoms with van der Waals surface area (Å²) in [5.74, 6) is 0.236. The smallest absolute Gasteiger partial charge is 0.227 e. The van der Waals surface area contributed by atoms with Crippen molar-refractivity contribution >= 4 is 5.91 Å². The number of carbonyl (C=O) groups excluding carboxylic acids is 1. The Labute approximate surface area is 88.5 Å². The van der Waals surface area contributed by atoms with Gasteiger partial charge in [0, 0.05) is 12.1 Å². The Morgan fingerprint density at radius 3 is 2.73 bits per heavy atom. The van der Waals surface area contributed by atoms with Crippen molar-refractivity contribution in [3.05, 3.63) is 17.0 Å². The summed E-state index contributed by atoms with van der Waals surface area (Å²) in [6.45, 7) is 5.60. The van der Waals surface area contributed by atoms with E-state index >= 15 is 0 Å². The van der Waals surface area contributed by atoms with E-state index in [4.69, 9.17) is 9.63 Å². The molecule has 2 N–H and O–H groups in total. The maximum atomic E-state index is 11.6. The number of carbonyl (C=O) groups is 1. The van der Waals surface area contributed by atoms with Crippen LogP contribution < -0.4 is 5.32 Å². The summed E-state index contributed by atoms with van der Waals surface area (Å²) >= 11 is 0. The first kappa shape index (κ1) is 11.7. The van der Waals surface area contributed by atoms with Crippen LogP contribution in [0.25, 0.3) is 0 Å². The number of aliphatic hydroxyl groups excluding tert-OH is 1. The van der Waals surface area contributed by atoms with E-state index in [9.17, 15) is 4.79 Å². The molecule has 1 aromatic heterocycles. The van der Waals surface area contributed by atoms with Gasteiger partial charge < -0.3 is 14.9 Å². The Kier molecular flexibility index (Phi) is 3.85. The van der Waals surface area contributed by atoms with Crippen LogP contribution in [0.2, 0.25) is 0 Å². The van der Waals surface area contributed by atoms with Crippen molar-refractivity contribution in [3.8, 4) is 0 Å². The maximum Gasteiger partial charge on any atom is 0.227 e. The molecule has 1 heterocycles. The van der Waals surface area contributed by atoms with Gasteiger partial charge in [-0.3, -0.25) is 4.79 Å². The monoisotopic (exact) mass is 212 g/mol. The van der Waals surface area contributed by atoms with E-state index in [0.717, 1.165) is 11.3 Å². The maximum absolute atomic E-state index is 11.6. The topological polar surface area (TPSA) is 75.4 Å². The van der Waals surface area contributed by atoms with Crippen molar-refractivity contribution in [2.45, 2.75) is 26.7 Å². The van der Waals surface area contributed by atoms with Gasteiger partial charge in [-0.1, -0.05) is 5.16 Å². The number of rotatable bonds is 4. The van der Waals surface area contributed by atoms with Gasteiger partial charge in [0.05, 0.1) is 18.2 Å². The van der Waals surface area contributed by atoms with Crippen LogP contribution in [0.3, 0.4) is 0 Å². The second-order valence-corrected chi connectivity index (χ2v) is 3.47. The number of nitrogens with zero attached hydrogens (tertiary/aromatic N) is 1. The molecule has 1 unspecified atom stereocenters. The molecule has 15 heavy (non-hydrogen) atoms. The van der Waals surface area contributed by atoms with E-state index < -0.39 is 0 Å². The van der Waals surface area contributed by atoms with E-state index in [1.54, 1.807) is 13.8 Å². The molecule has 84 valence electrons. The van der Waals surface area contributed by atoms with Crippen molar-refractivity contribution in [1.29, 1.82) is 0 Å². The summed E-state index contributed by atoms with van der Waals surface area (Å²) in [5, 5.41) is 15.0. The average Bonchev–Trinajstić information content (AvgIpc) is 2.54. The summed E-state index contributed by atoms with van der Waals surface area (Å²) < 4.78 is 4.99. The predicted molar refractivity (Wildman–Crippen MR) is 54.5 cm³/mol. The molecule has 0 aliphatic heterocycles. The number of nitrogens with one attached hydrogen (secondary N) is 1. The summed E-state index contributed by atoms with van der Waals surface area (Å²) in [6, 6.07) is 0. The van der Waals surface area contributed by atoms with E-state index in [2.05, 4.69) is 10.5 Å². The first-order valence-corrected chi connectivity index (χ1v) is 4.89. The highest BCUT2D eigenvalue weighted by molar-refractivity contribution is 5.83. The second-order valence-electron chi connectivity index (χ2n) is 3.47. The molecule has 5 heteroatoms. The van der Waals surface area contributed by atoms with Crippen LogP contribution in [0.4, 0.5) is 0 Å². The molecule has 1 aromatic rings. The fraction of sp³-hybridized carbons (Fsp3) is 0.600. The molecule has 1 rings (SSSR count). The van der Waals surface area contributed by atoms with Gasteiger partial charge in [0.2, 0.25) is 5.91 Å². The number of aliphatic hydroxyl groups is 1. The number of hydrogen-bond donors (Lipinski definition) is 2. The molecular weight excluding hydrogens is 196 g/mol. The zero-order chi connectivity index (χ0) is 11.4. The van der Waals surface area contributed by atoms with Gasteiger partial charge in [0.15, 0.2) is 0 Å². The molecule has 0 bridgehead atoms. The molecule has 0 aromatic carbocycles. The van der Waals surface area contributed by atoms with Crippen LogP contribution in [0, 0.1) is 13.8 Å². The molecule has 0 aliphatic carbocycles. The fourth-order valence-corrected chi connectivity index (χ4v) is 1.57. The van der Waals surface area contributed by atoms with Crippen LogP contribution in [-0.4, -0.2) is 29.3 Å². The summed E-state index contributed by atoms with van der Waals surface area (Å²) in [6.07, 6.45) is 0. The molecule has 1 atom stereocenters. The first-order chi connectivity index (χ1) is 7.07. The SMILES string of the molecule is Cc1noc(C)c1C(C)C(=O)NCCO. The van der Waals surface area contributed by atoms with Gasteiger partial charge in [-0.25, -0.2) is 0 Å². The molecule has 5 nitrogen and oxygen atoms in total. The van der Waals surface area contributed by atoms with Crippen molar-refractivity contribution < 1.29 is 14.4 Å². The molecule has 0 spiro atoms. The van der Waals surface area contributed by atoms with Gasteiger partial charge in [-0.15, -0.1) is 0 Å². The minimum atomic E-state index is -0.303. The van der Waals surface area contributed by atoms with Crippen LogP contribution in [0.1, 0.15) is 29.9 Å². The minimum Gasteiger partial charge on any atom is -0.395 e. The van der Waals surface area contributed by atoms with E-state index in [0.29, 0.717) is 5.76 Å². The zero-order valence-corrected chi connectivity index (χ0v) is 9.20. The Hall–Kier alpha value is -1.36. The number of amides is 1. The lowest BCUT2D eigenvalue weighted by atomic mass is 9.99. The standard InChI is InChI=1S/C10H16N2O3/c1-6(10(14)11-4-5-13)9-7(2)12-15-8(9)3/h6,13H,4-5H2,1-3H3,(H,11,14). The quantitative estimate of drug-likeness (QED) is 0.762. The number of aromatic nitrogens is 1. The normalized spacial score (nSPS) is 12.5. The highest BCUT2D eigenvalue weighted by atomic mass is 16.5. The Bertz CT molecular complexity index is 327. The van der Waals surface area contributed by atoms with Gasteiger partial charge in [0.25, 0.3) is 0 Å². The predicted octanol–water partition coefficient (Wildman–Crippen LogP) is 0.503. The van der Waals surface area contributed by atoms with Gasteiger partial charge >= 0.3 is 0 Å². The molecule has 0 saturated carbocycles.